The van der Waals surface area contributed by atoms with Crippen molar-refractivity contribution >= 4 is 11.5 Å². The fraction of sp³-hybridized carbons (Fsp3) is 0.714. The molecule has 0 aliphatic heterocycles. The van der Waals surface area contributed by atoms with Crippen molar-refractivity contribution in [3.05, 3.63) is 20.8 Å². The van der Waals surface area contributed by atoms with E-state index in [1.165, 1.54) is 4.57 Å². The molecule has 21 heavy (non-hydrogen) atoms. The smallest absolute Gasteiger partial charge is 0.330 e. The average molecular weight is 298 g/mol. The Morgan fingerprint density at radius 3 is 2.38 bits per heavy atom. The van der Waals surface area contributed by atoms with Gasteiger partial charge in [-0.15, -0.1) is 0 Å². The Hall–Kier alpha value is -1.76. The minimum Gasteiger partial charge on any atom is -0.395 e. The van der Waals surface area contributed by atoms with Crippen LogP contribution < -0.4 is 21.9 Å². The largest absolute Gasteiger partial charge is 0.395 e. The number of aliphatic hydroxyl groups is 1. The van der Waals surface area contributed by atoms with Crippen LogP contribution in [0.1, 0.15) is 40.0 Å². The molecular weight excluding hydrogens is 272 g/mol. The molecule has 0 unspecified atom stereocenters. The summed E-state index contributed by atoms with van der Waals surface area (Å²) in [7, 11) is 0. The highest BCUT2D eigenvalue weighted by atomic mass is 16.3. The molecule has 7 nitrogen and oxygen atoms in total. The molecule has 0 amide bonds. The molecule has 0 aromatic carbocycles. The molecule has 7 heteroatoms. The van der Waals surface area contributed by atoms with Gasteiger partial charge in [-0.1, -0.05) is 20.8 Å². The zero-order valence-electron chi connectivity index (χ0n) is 13.1. The maximum absolute atomic E-state index is 12.2. The van der Waals surface area contributed by atoms with E-state index in [1.54, 1.807) is 4.90 Å². The molecule has 0 fully saturated rings. The number of hydrogen-bond acceptors (Lipinski definition) is 5. The molecule has 0 spiro atoms. The third-order valence-electron chi connectivity index (χ3n) is 3.67. The minimum atomic E-state index is -0.495. The van der Waals surface area contributed by atoms with E-state index in [1.807, 2.05) is 20.8 Å². The number of rotatable bonds is 8. The Morgan fingerprint density at radius 1 is 1.29 bits per heavy atom. The van der Waals surface area contributed by atoms with Crippen LogP contribution in [0.5, 0.6) is 0 Å². The lowest BCUT2D eigenvalue weighted by atomic mass is 10.1. The number of nitrogen functional groups attached to an aromatic ring is 1. The van der Waals surface area contributed by atoms with Crippen molar-refractivity contribution in [2.45, 2.75) is 52.6 Å². The van der Waals surface area contributed by atoms with Gasteiger partial charge < -0.3 is 15.7 Å². The first-order valence-electron chi connectivity index (χ1n) is 7.51. The van der Waals surface area contributed by atoms with Gasteiger partial charge in [0.1, 0.15) is 11.5 Å². The van der Waals surface area contributed by atoms with E-state index in [0.29, 0.717) is 13.1 Å². The number of aromatic amines is 1. The summed E-state index contributed by atoms with van der Waals surface area (Å²) in [6.07, 6.45) is 2.38. The van der Waals surface area contributed by atoms with E-state index in [2.05, 4.69) is 4.98 Å². The number of aromatic nitrogens is 2. The topological polar surface area (TPSA) is 104 Å². The fourth-order valence-corrected chi connectivity index (χ4v) is 2.61. The quantitative estimate of drug-likeness (QED) is 0.649. The molecule has 120 valence electrons. The van der Waals surface area contributed by atoms with Crippen LogP contribution in [0.25, 0.3) is 0 Å². The summed E-state index contributed by atoms with van der Waals surface area (Å²) in [6, 6.07) is 0.0909. The van der Waals surface area contributed by atoms with E-state index < -0.39 is 11.2 Å². The molecule has 0 saturated carbocycles. The van der Waals surface area contributed by atoms with Gasteiger partial charge in [-0.25, -0.2) is 4.79 Å². The van der Waals surface area contributed by atoms with Crippen molar-refractivity contribution in [1.82, 2.24) is 9.55 Å². The Bertz CT molecular complexity index is 560. The molecule has 0 bridgehead atoms. The Balaban J connectivity index is 3.46. The summed E-state index contributed by atoms with van der Waals surface area (Å²) >= 11 is 0. The zero-order chi connectivity index (χ0) is 16.0. The minimum absolute atomic E-state index is 0.0811. The Labute approximate surface area is 124 Å². The second kappa shape index (κ2) is 7.87. The normalized spacial score (nSPS) is 11.1. The van der Waals surface area contributed by atoms with E-state index in [-0.39, 0.29) is 24.2 Å². The van der Waals surface area contributed by atoms with Crippen LogP contribution in [0, 0.1) is 0 Å². The van der Waals surface area contributed by atoms with Gasteiger partial charge in [0.25, 0.3) is 5.56 Å². The molecule has 1 heterocycles. The zero-order valence-corrected chi connectivity index (χ0v) is 13.1. The second-order valence-corrected chi connectivity index (χ2v) is 5.03. The molecule has 4 N–H and O–H groups in total. The van der Waals surface area contributed by atoms with Crippen LogP contribution in [-0.4, -0.2) is 33.9 Å². The van der Waals surface area contributed by atoms with Crippen molar-refractivity contribution in [3.63, 3.8) is 0 Å². The number of nitrogens with two attached hydrogens (primary N) is 1. The van der Waals surface area contributed by atoms with Crippen LogP contribution in [-0.2, 0) is 6.54 Å². The summed E-state index contributed by atoms with van der Waals surface area (Å²) in [5, 5.41) is 9.28. The lowest BCUT2D eigenvalue weighted by Crippen LogP contribution is -2.44. The van der Waals surface area contributed by atoms with Crippen molar-refractivity contribution in [1.29, 1.82) is 0 Å². The first-order valence-corrected chi connectivity index (χ1v) is 7.51. The maximum atomic E-state index is 12.2. The lowest BCUT2D eigenvalue weighted by molar-refractivity contribution is 0.295. The third kappa shape index (κ3) is 3.66. The highest BCUT2D eigenvalue weighted by Crippen LogP contribution is 2.21. The fourth-order valence-electron chi connectivity index (χ4n) is 2.61. The predicted octanol–water partition coefficient (Wildman–Crippen LogP) is 0.516. The van der Waals surface area contributed by atoms with E-state index in [0.717, 1.165) is 19.3 Å². The van der Waals surface area contributed by atoms with Crippen LogP contribution in [0.4, 0.5) is 11.5 Å². The molecule has 0 atom stereocenters. The highest BCUT2D eigenvalue weighted by molar-refractivity contribution is 5.63. The number of hydrogen-bond donors (Lipinski definition) is 3. The van der Waals surface area contributed by atoms with Crippen LogP contribution in [0.2, 0.25) is 0 Å². The first-order chi connectivity index (χ1) is 10.0. The summed E-state index contributed by atoms with van der Waals surface area (Å²) in [4.78, 5) is 28.2. The maximum Gasteiger partial charge on any atom is 0.330 e. The van der Waals surface area contributed by atoms with Gasteiger partial charge in [-0.05, 0) is 19.3 Å². The van der Waals surface area contributed by atoms with Gasteiger partial charge >= 0.3 is 5.69 Å². The first kappa shape index (κ1) is 17.3. The molecule has 0 aliphatic carbocycles. The highest BCUT2D eigenvalue weighted by Gasteiger charge is 2.23. The van der Waals surface area contributed by atoms with E-state index >= 15 is 0 Å². The molecular formula is C14H26N4O3. The summed E-state index contributed by atoms with van der Waals surface area (Å²) in [5.74, 6) is 0.172. The summed E-state index contributed by atoms with van der Waals surface area (Å²) in [6.45, 7) is 6.65. The molecule has 0 saturated heterocycles. The van der Waals surface area contributed by atoms with E-state index in [4.69, 9.17) is 5.73 Å². The molecule has 1 aromatic rings. The second-order valence-electron chi connectivity index (χ2n) is 5.03. The molecule has 0 radical (unpaired) electrons. The number of nitrogens with zero attached hydrogens (tertiary/aromatic N) is 2. The van der Waals surface area contributed by atoms with Crippen molar-refractivity contribution < 1.29 is 5.11 Å². The van der Waals surface area contributed by atoms with Crippen LogP contribution in [0.3, 0.4) is 0 Å². The summed E-state index contributed by atoms with van der Waals surface area (Å²) in [5.41, 5.74) is 5.37. The van der Waals surface area contributed by atoms with Crippen molar-refractivity contribution in [2.24, 2.45) is 0 Å². The van der Waals surface area contributed by atoms with Gasteiger partial charge in [-0.3, -0.25) is 14.3 Å². The van der Waals surface area contributed by atoms with Crippen molar-refractivity contribution in [3.8, 4) is 0 Å². The third-order valence-corrected chi connectivity index (χ3v) is 3.67. The number of anilines is 2. The van der Waals surface area contributed by atoms with Gasteiger partial charge in [-0.2, -0.15) is 0 Å². The van der Waals surface area contributed by atoms with Gasteiger partial charge in [0, 0.05) is 19.1 Å². The number of H-pyrrole nitrogens is 1. The lowest BCUT2D eigenvalue weighted by Gasteiger charge is -2.32. The standard InChI is InChI=1S/C14H26N4O3/c1-4-7-18-12(15)11(13(20)16-14(18)21)17(8-9-19)10(5-2)6-3/h10,19H,4-9,15H2,1-3H3,(H,16,20,21). The Kier molecular flexibility index (Phi) is 6.48. The Morgan fingerprint density at radius 2 is 1.90 bits per heavy atom. The predicted molar refractivity (Wildman–Crippen MR) is 84.8 cm³/mol. The van der Waals surface area contributed by atoms with Gasteiger partial charge in [0.2, 0.25) is 0 Å². The summed E-state index contributed by atoms with van der Waals surface area (Å²) < 4.78 is 1.38. The monoisotopic (exact) mass is 298 g/mol. The van der Waals surface area contributed by atoms with Crippen LogP contribution in [0.15, 0.2) is 9.59 Å². The number of aliphatic hydroxyl groups excluding tert-OH is 1. The van der Waals surface area contributed by atoms with Crippen molar-refractivity contribution in [2.75, 3.05) is 23.8 Å². The van der Waals surface area contributed by atoms with Gasteiger partial charge in [0.15, 0.2) is 0 Å². The average Bonchev–Trinajstić information content (AvgIpc) is 2.44. The SMILES string of the molecule is CCCn1c(N)c(N(CCO)C(CC)CC)c(=O)[nH]c1=O. The molecule has 1 aromatic heterocycles. The van der Waals surface area contributed by atoms with Crippen LogP contribution >= 0.6 is 0 Å². The van der Waals surface area contributed by atoms with Gasteiger partial charge in [0.05, 0.1) is 6.61 Å². The molecule has 1 rings (SSSR count). The van der Waals surface area contributed by atoms with E-state index in [9.17, 15) is 14.7 Å². The number of nitrogens with one attached hydrogen (secondary N) is 1. The molecule has 0 aliphatic rings.